The minimum absolute atomic E-state index is 0.0839. The second-order valence-corrected chi connectivity index (χ2v) is 3.48. The van der Waals surface area contributed by atoms with Crippen molar-refractivity contribution in [2.75, 3.05) is 0 Å². The van der Waals surface area contributed by atoms with Crippen molar-refractivity contribution in [1.29, 1.82) is 0 Å². The van der Waals surface area contributed by atoms with Crippen LogP contribution in [-0.4, -0.2) is 11.9 Å². The number of allylic oxidation sites excluding steroid dienone is 1. The Morgan fingerprint density at radius 2 is 2.60 bits per heavy atom. The van der Waals surface area contributed by atoms with E-state index >= 15 is 0 Å². The molecule has 1 amide bonds. The van der Waals surface area contributed by atoms with Crippen molar-refractivity contribution in [3.63, 3.8) is 0 Å². The summed E-state index contributed by atoms with van der Waals surface area (Å²) in [5, 5.41) is 2.93. The molecule has 10 heavy (non-hydrogen) atoms. The van der Waals surface area contributed by atoms with Gasteiger partial charge in [0.25, 0.3) is 0 Å². The maximum absolute atomic E-state index is 11.2. The van der Waals surface area contributed by atoms with Crippen LogP contribution in [0.1, 0.15) is 19.8 Å². The summed E-state index contributed by atoms with van der Waals surface area (Å²) in [6, 6.07) is 0.325. The third-order valence-corrected chi connectivity index (χ3v) is 2.47. The summed E-state index contributed by atoms with van der Waals surface area (Å²) in [7, 11) is 0. The second-order valence-electron chi connectivity index (χ2n) is 3.48. The molecule has 0 saturated carbocycles. The largest absolute Gasteiger partial charge is 0.349 e. The SMILES string of the molecule is CC12CC=CC(C1)NC2=O. The Balaban J connectivity index is 2.36. The third-order valence-electron chi connectivity index (χ3n) is 2.47. The molecule has 0 aromatic rings. The number of nitrogens with one attached hydrogen (secondary N) is 1. The van der Waals surface area contributed by atoms with Gasteiger partial charge in [-0.3, -0.25) is 4.79 Å². The molecule has 1 aliphatic heterocycles. The van der Waals surface area contributed by atoms with Crippen molar-refractivity contribution in [2.24, 2.45) is 5.41 Å². The maximum Gasteiger partial charge on any atom is 0.226 e. The summed E-state index contributed by atoms with van der Waals surface area (Å²) >= 11 is 0. The van der Waals surface area contributed by atoms with E-state index in [0.717, 1.165) is 12.8 Å². The molecule has 2 nitrogen and oxygen atoms in total. The molecule has 1 aliphatic carbocycles. The summed E-state index contributed by atoms with van der Waals surface area (Å²) in [5.41, 5.74) is -0.0839. The minimum Gasteiger partial charge on any atom is -0.349 e. The van der Waals surface area contributed by atoms with Crippen molar-refractivity contribution in [3.8, 4) is 0 Å². The van der Waals surface area contributed by atoms with E-state index < -0.39 is 0 Å². The van der Waals surface area contributed by atoms with Gasteiger partial charge < -0.3 is 5.32 Å². The predicted molar refractivity (Wildman–Crippen MR) is 38.4 cm³/mol. The van der Waals surface area contributed by atoms with E-state index in [0.29, 0.717) is 6.04 Å². The van der Waals surface area contributed by atoms with Gasteiger partial charge >= 0.3 is 0 Å². The Bertz CT molecular complexity index is 209. The number of amides is 1. The summed E-state index contributed by atoms with van der Waals surface area (Å²) in [4.78, 5) is 11.2. The Hall–Kier alpha value is -0.790. The lowest BCUT2D eigenvalue weighted by atomic mass is 9.81. The molecular formula is C8H11NO. The Morgan fingerprint density at radius 3 is 3.20 bits per heavy atom. The predicted octanol–water partition coefficient (Wildman–Crippen LogP) is 0.841. The summed E-state index contributed by atoms with van der Waals surface area (Å²) in [6.45, 7) is 2.03. The monoisotopic (exact) mass is 137 g/mol. The molecule has 2 aliphatic rings. The maximum atomic E-state index is 11.2. The molecule has 0 spiro atoms. The van der Waals surface area contributed by atoms with Gasteiger partial charge in [0.2, 0.25) is 5.91 Å². The highest BCUT2D eigenvalue weighted by molar-refractivity contribution is 5.85. The van der Waals surface area contributed by atoms with Gasteiger partial charge in [0.15, 0.2) is 0 Å². The number of hydrogen-bond acceptors (Lipinski definition) is 1. The van der Waals surface area contributed by atoms with Crippen LogP contribution in [0.4, 0.5) is 0 Å². The smallest absolute Gasteiger partial charge is 0.226 e. The van der Waals surface area contributed by atoms with E-state index in [-0.39, 0.29) is 11.3 Å². The fourth-order valence-corrected chi connectivity index (χ4v) is 1.76. The first-order valence-corrected chi connectivity index (χ1v) is 3.68. The molecule has 2 heteroatoms. The van der Waals surface area contributed by atoms with Crippen LogP contribution in [0.5, 0.6) is 0 Å². The summed E-state index contributed by atoms with van der Waals surface area (Å²) in [6.07, 6.45) is 6.09. The van der Waals surface area contributed by atoms with Gasteiger partial charge in [-0.15, -0.1) is 0 Å². The molecule has 1 fully saturated rings. The van der Waals surface area contributed by atoms with Gasteiger partial charge in [0.05, 0.1) is 5.41 Å². The lowest BCUT2D eigenvalue weighted by Gasteiger charge is -2.20. The van der Waals surface area contributed by atoms with E-state index in [1.807, 2.05) is 6.92 Å². The van der Waals surface area contributed by atoms with E-state index in [1.54, 1.807) is 0 Å². The number of hydrogen-bond donors (Lipinski definition) is 1. The second kappa shape index (κ2) is 1.62. The van der Waals surface area contributed by atoms with E-state index in [2.05, 4.69) is 17.5 Å². The Morgan fingerprint density at radius 1 is 1.80 bits per heavy atom. The molecule has 2 unspecified atom stereocenters. The molecule has 2 bridgehead atoms. The van der Waals surface area contributed by atoms with Crippen LogP contribution in [0.2, 0.25) is 0 Å². The highest BCUT2D eigenvalue weighted by Crippen LogP contribution is 2.37. The van der Waals surface area contributed by atoms with Gasteiger partial charge in [-0.2, -0.15) is 0 Å². The summed E-state index contributed by atoms with van der Waals surface area (Å²) < 4.78 is 0. The van der Waals surface area contributed by atoms with Gasteiger partial charge in [-0.05, 0) is 12.8 Å². The fraction of sp³-hybridized carbons (Fsp3) is 0.625. The molecule has 54 valence electrons. The Labute approximate surface area is 60.3 Å². The zero-order valence-electron chi connectivity index (χ0n) is 6.05. The average Bonchev–Trinajstić information content (AvgIpc) is 2.04. The van der Waals surface area contributed by atoms with Crippen LogP contribution in [0.3, 0.4) is 0 Å². The molecule has 0 radical (unpaired) electrons. The number of carbonyl (C=O) groups excluding carboxylic acids is 1. The number of fused-ring (bicyclic) bond motifs is 2. The van der Waals surface area contributed by atoms with E-state index in [9.17, 15) is 4.79 Å². The Kier molecular flexibility index (Phi) is 0.967. The van der Waals surface area contributed by atoms with Crippen molar-refractivity contribution in [2.45, 2.75) is 25.8 Å². The van der Waals surface area contributed by atoms with E-state index in [4.69, 9.17) is 0 Å². The number of carbonyl (C=O) groups is 1. The highest BCUT2D eigenvalue weighted by atomic mass is 16.2. The first-order valence-electron chi connectivity index (χ1n) is 3.68. The molecule has 0 aromatic carbocycles. The molecular weight excluding hydrogens is 126 g/mol. The zero-order valence-corrected chi connectivity index (χ0v) is 6.05. The molecule has 1 N–H and O–H groups in total. The van der Waals surface area contributed by atoms with Crippen LogP contribution in [0.25, 0.3) is 0 Å². The van der Waals surface area contributed by atoms with Crippen molar-refractivity contribution >= 4 is 5.91 Å². The lowest BCUT2D eigenvalue weighted by molar-refractivity contribution is -0.126. The first-order chi connectivity index (χ1) is 4.71. The quantitative estimate of drug-likeness (QED) is 0.492. The molecule has 2 rings (SSSR count). The zero-order chi connectivity index (χ0) is 7.19. The van der Waals surface area contributed by atoms with Crippen LogP contribution < -0.4 is 5.32 Å². The van der Waals surface area contributed by atoms with Gasteiger partial charge in [0, 0.05) is 6.04 Å². The van der Waals surface area contributed by atoms with Crippen LogP contribution in [-0.2, 0) is 4.79 Å². The lowest BCUT2D eigenvalue weighted by Crippen LogP contribution is -2.27. The molecule has 2 atom stereocenters. The summed E-state index contributed by atoms with van der Waals surface area (Å²) in [5.74, 6) is 0.225. The highest BCUT2D eigenvalue weighted by Gasteiger charge is 2.42. The number of rotatable bonds is 0. The fourth-order valence-electron chi connectivity index (χ4n) is 1.76. The first kappa shape index (κ1) is 5.96. The van der Waals surface area contributed by atoms with Crippen molar-refractivity contribution in [1.82, 2.24) is 5.32 Å². The van der Waals surface area contributed by atoms with Crippen molar-refractivity contribution in [3.05, 3.63) is 12.2 Å². The van der Waals surface area contributed by atoms with Crippen LogP contribution in [0, 0.1) is 5.41 Å². The van der Waals surface area contributed by atoms with Crippen molar-refractivity contribution < 1.29 is 4.79 Å². The van der Waals surface area contributed by atoms with Crippen LogP contribution in [0.15, 0.2) is 12.2 Å². The normalized spacial score (nSPS) is 43.7. The molecule has 1 heterocycles. The van der Waals surface area contributed by atoms with Gasteiger partial charge in [0.1, 0.15) is 0 Å². The average molecular weight is 137 g/mol. The standard InChI is InChI=1S/C8H11NO/c1-8-4-2-3-6(5-8)9-7(8)10/h2-3,6H,4-5H2,1H3,(H,9,10). The molecule has 1 saturated heterocycles. The van der Waals surface area contributed by atoms with E-state index in [1.165, 1.54) is 0 Å². The van der Waals surface area contributed by atoms with Gasteiger partial charge in [-0.25, -0.2) is 0 Å². The minimum atomic E-state index is -0.0839. The van der Waals surface area contributed by atoms with Gasteiger partial charge in [-0.1, -0.05) is 19.1 Å². The third kappa shape index (κ3) is 0.618. The topological polar surface area (TPSA) is 29.1 Å². The molecule has 0 aromatic heterocycles. The van der Waals surface area contributed by atoms with Crippen LogP contribution >= 0.6 is 0 Å².